The molecule has 0 saturated heterocycles. The second-order valence-corrected chi connectivity index (χ2v) is 6.01. The fourth-order valence-corrected chi connectivity index (χ4v) is 2.72. The van der Waals surface area contributed by atoms with Crippen LogP contribution >= 0.6 is 0 Å². The number of imidazole rings is 1. The van der Waals surface area contributed by atoms with Gasteiger partial charge in [-0.2, -0.15) is 0 Å². The van der Waals surface area contributed by atoms with Crippen molar-refractivity contribution in [3.63, 3.8) is 0 Å². The Balaban J connectivity index is 1.83. The SMILES string of the molecule is Cc1nccn1-c1ccc(C(C)Nc2ncc([N+](=O)[O-])cc2C(N)=O)cc1. The number of anilines is 1. The highest BCUT2D eigenvalue weighted by Crippen LogP contribution is 2.24. The van der Waals surface area contributed by atoms with Crippen LogP contribution in [0.1, 0.15) is 34.7 Å². The Labute approximate surface area is 155 Å². The van der Waals surface area contributed by atoms with Crippen LogP contribution in [0.2, 0.25) is 0 Å². The molecule has 0 spiro atoms. The Bertz CT molecular complexity index is 997. The van der Waals surface area contributed by atoms with Crippen molar-refractivity contribution < 1.29 is 9.72 Å². The molecule has 0 aliphatic carbocycles. The number of amides is 1. The molecule has 27 heavy (non-hydrogen) atoms. The van der Waals surface area contributed by atoms with Crippen LogP contribution in [0.5, 0.6) is 0 Å². The smallest absolute Gasteiger partial charge is 0.288 e. The molecule has 0 bridgehead atoms. The lowest BCUT2D eigenvalue weighted by Crippen LogP contribution is -2.17. The van der Waals surface area contributed by atoms with E-state index in [1.165, 1.54) is 0 Å². The van der Waals surface area contributed by atoms with Gasteiger partial charge in [0.2, 0.25) is 0 Å². The van der Waals surface area contributed by atoms with Crippen LogP contribution in [0.15, 0.2) is 48.9 Å². The van der Waals surface area contributed by atoms with Gasteiger partial charge in [0.05, 0.1) is 10.5 Å². The molecule has 1 unspecified atom stereocenters. The van der Waals surface area contributed by atoms with E-state index in [-0.39, 0.29) is 23.1 Å². The summed E-state index contributed by atoms with van der Waals surface area (Å²) in [6.45, 7) is 3.81. The molecule has 3 rings (SSSR count). The van der Waals surface area contributed by atoms with E-state index < -0.39 is 10.8 Å². The summed E-state index contributed by atoms with van der Waals surface area (Å²) in [7, 11) is 0. The first kappa shape index (κ1) is 18.1. The Kier molecular flexibility index (Phi) is 4.84. The summed E-state index contributed by atoms with van der Waals surface area (Å²) in [6.07, 6.45) is 4.71. The molecule has 0 saturated carbocycles. The van der Waals surface area contributed by atoms with Crippen LogP contribution in [0.3, 0.4) is 0 Å². The lowest BCUT2D eigenvalue weighted by molar-refractivity contribution is -0.385. The van der Waals surface area contributed by atoms with E-state index in [2.05, 4.69) is 15.3 Å². The number of carbonyl (C=O) groups excluding carboxylic acids is 1. The van der Waals surface area contributed by atoms with Gasteiger partial charge >= 0.3 is 0 Å². The average Bonchev–Trinajstić information content (AvgIpc) is 3.07. The zero-order chi connectivity index (χ0) is 19.6. The van der Waals surface area contributed by atoms with Gasteiger partial charge in [-0.05, 0) is 31.5 Å². The highest BCUT2D eigenvalue weighted by molar-refractivity contribution is 5.98. The third kappa shape index (κ3) is 3.76. The predicted molar refractivity (Wildman–Crippen MR) is 99.7 cm³/mol. The van der Waals surface area contributed by atoms with Gasteiger partial charge in [-0.3, -0.25) is 14.9 Å². The topological polar surface area (TPSA) is 129 Å². The Morgan fingerprint density at radius 1 is 1.30 bits per heavy atom. The minimum Gasteiger partial charge on any atom is -0.365 e. The second-order valence-electron chi connectivity index (χ2n) is 6.01. The minimum absolute atomic E-state index is 0.0262. The Morgan fingerprint density at radius 3 is 2.56 bits per heavy atom. The number of primary amides is 1. The van der Waals surface area contributed by atoms with Crippen LogP contribution in [0.4, 0.5) is 11.5 Å². The average molecular weight is 366 g/mol. The first-order valence-corrected chi connectivity index (χ1v) is 8.18. The molecular weight excluding hydrogens is 348 g/mol. The van der Waals surface area contributed by atoms with Gasteiger partial charge in [0.1, 0.15) is 17.8 Å². The number of hydrogen-bond donors (Lipinski definition) is 2. The third-order valence-electron chi connectivity index (χ3n) is 4.20. The fraction of sp³-hybridized carbons (Fsp3) is 0.167. The van der Waals surface area contributed by atoms with E-state index in [1.54, 1.807) is 6.20 Å². The van der Waals surface area contributed by atoms with Crippen LogP contribution in [0.25, 0.3) is 5.69 Å². The molecule has 9 heteroatoms. The van der Waals surface area contributed by atoms with Gasteiger partial charge in [-0.1, -0.05) is 12.1 Å². The Morgan fingerprint density at radius 2 is 2.00 bits per heavy atom. The molecule has 1 atom stereocenters. The summed E-state index contributed by atoms with van der Waals surface area (Å²) in [5.41, 5.74) is 6.95. The molecule has 0 aliphatic heterocycles. The van der Waals surface area contributed by atoms with E-state index in [0.717, 1.165) is 29.3 Å². The van der Waals surface area contributed by atoms with Crippen LogP contribution in [-0.4, -0.2) is 25.4 Å². The lowest BCUT2D eigenvalue weighted by Gasteiger charge is -2.17. The number of aromatic nitrogens is 3. The van der Waals surface area contributed by atoms with Gasteiger partial charge in [-0.15, -0.1) is 0 Å². The highest BCUT2D eigenvalue weighted by Gasteiger charge is 2.18. The van der Waals surface area contributed by atoms with Crippen molar-refractivity contribution in [2.75, 3.05) is 5.32 Å². The molecule has 0 radical (unpaired) electrons. The maximum Gasteiger partial charge on any atom is 0.288 e. The molecule has 0 fully saturated rings. The summed E-state index contributed by atoms with van der Waals surface area (Å²) in [4.78, 5) is 30.1. The molecule has 2 aromatic heterocycles. The van der Waals surface area contributed by atoms with Crippen LogP contribution in [0, 0.1) is 17.0 Å². The summed E-state index contributed by atoms with van der Waals surface area (Å²) >= 11 is 0. The molecule has 0 aliphatic rings. The van der Waals surface area contributed by atoms with Crippen molar-refractivity contribution in [1.82, 2.24) is 14.5 Å². The molecule has 3 aromatic rings. The first-order valence-electron chi connectivity index (χ1n) is 8.18. The zero-order valence-electron chi connectivity index (χ0n) is 14.8. The number of rotatable bonds is 6. The van der Waals surface area contributed by atoms with E-state index >= 15 is 0 Å². The summed E-state index contributed by atoms with van der Waals surface area (Å²) < 4.78 is 1.96. The van der Waals surface area contributed by atoms with Gasteiger partial charge in [0.15, 0.2) is 0 Å². The molecule has 2 heterocycles. The third-order valence-corrected chi connectivity index (χ3v) is 4.20. The number of pyridine rings is 1. The highest BCUT2D eigenvalue weighted by atomic mass is 16.6. The summed E-state index contributed by atoms with van der Waals surface area (Å²) in [5, 5.41) is 14.0. The number of nitrogens with zero attached hydrogens (tertiary/aromatic N) is 4. The quantitative estimate of drug-likeness (QED) is 0.510. The van der Waals surface area contributed by atoms with Crippen molar-refractivity contribution in [3.05, 3.63) is 76.0 Å². The number of hydrogen-bond acceptors (Lipinski definition) is 6. The van der Waals surface area contributed by atoms with E-state index in [0.29, 0.717) is 0 Å². The number of nitrogens with two attached hydrogens (primary N) is 1. The molecule has 3 N–H and O–H groups in total. The van der Waals surface area contributed by atoms with E-state index in [4.69, 9.17) is 5.73 Å². The minimum atomic E-state index is -0.785. The van der Waals surface area contributed by atoms with Crippen LogP contribution < -0.4 is 11.1 Å². The van der Waals surface area contributed by atoms with E-state index in [9.17, 15) is 14.9 Å². The summed E-state index contributed by atoms with van der Waals surface area (Å²) in [6, 6.07) is 8.73. The first-order chi connectivity index (χ1) is 12.9. The van der Waals surface area contributed by atoms with Gasteiger partial charge in [0.25, 0.3) is 11.6 Å². The second kappa shape index (κ2) is 7.24. The van der Waals surface area contributed by atoms with Crippen molar-refractivity contribution in [3.8, 4) is 5.69 Å². The Hall–Kier alpha value is -3.75. The van der Waals surface area contributed by atoms with Crippen molar-refractivity contribution >= 4 is 17.4 Å². The van der Waals surface area contributed by atoms with Crippen LogP contribution in [-0.2, 0) is 0 Å². The maximum absolute atomic E-state index is 11.6. The van der Waals surface area contributed by atoms with Crippen molar-refractivity contribution in [2.24, 2.45) is 5.73 Å². The van der Waals surface area contributed by atoms with E-state index in [1.807, 2.05) is 48.9 Å². The largest absolute Gasteiger partial charge is 0.365 e. The number of nitrogens with one attached hydrogen (secondary N) is 1. The predicted octanol–water partition coefficient (Wildman–Crippen LogP) is 2.76. The molecular formula is C18H18N6O3. The number of nitro groups is 1. The molecule has 1 amide bonds. The molecule has 138 valence electrons. The van der Waals surface area contributed by atoms with Gasteiger partial charge in [-0.25, -0.2) is 9.97 Å². The van der Waals surface area contributed by atoms with Gasteiger partial charge in [0, 0.05) is 30.2 Å². The maximum atomic E-state index is 11.6. The van der Waals surface area contributed by atoms with Crippen molar-refractivity contribution in [2.45, 2.75) is 19.9 Å². The number of aryl methyl sites for hydroxylation is 1. The summed E-state index contributed by atoms with van der Waals surface area (Å²) in [5.74, 6) is 0.303. The van der Waals surface area contributed by atoms with Crippen molar-refractivity contribution in [1.29, 1.82) is 0 Å². The number of carbonyl (C=O) groups is 1. The fourth-order valence-electron chi connectivity index (χ4n) is 2.72. The van der Waals surface area contributed by atoms with Gasteiger partial charge < -0.3 is 15.6 Å². The number of benzene rings is 1. The zero-order valence-corrected chi connectivity index (χ0v) is 14.8. The molecule has 1 aromatic carbocycles. The molecule has 9 nitrogen and oxygen atoms in total. The standard InChI is InChI=1S/C18H18N6O3/c1-11(13-3-5-14(6-4-13)23-8-7-20-12(23)2)22-18-16(17(19)25)9-15(10-21-18)24(26)27/h3-11H,1-2H3,(H2,19,25)(H,21,22). The monoisotopic (exact) mass is 366 g/mol. The lowest BCUT2D eigenvalue weighted by atomic mass is 10.1. The normalized spacial score (nSPS) is 11.8.